The first kappa shape index (κ1) is 16.6. The van der Waals surface area contributed by atoms with Crippen LogP contribution >= 0.6 is 11.6 Å². The van der Waals surface area contributed by atoms with E-state index in [1.807, 2.05) is 4.90 Å². The van der Waals surface area contributed by atoms with E-state index in [-0.39, 0.29) is 12.1 Å². The molecule has 7 heteroatoms. The molecule has 0 radical (unpaired) electrons. The first-order valence-electron chi connectivity index (χ1n) is 7.33. The summed E-state index contributed by atoms with van der Waals surface area (Å²) < 4.78 is 39.4. The van der Waals surface area contributed by atoms with Crippen LogP contribution in [0.5, 0.6) is 0 Å². The fourth-order valence-corrected chi connectivity index (χ4v) is 3.38. The first-order valence-corrected chi connectivity index (χ1v) is 7.70. The predicted octanol–water partition coefficient (Wildman–Crippen LogP) is 4.49. The first-order chi connectivity index (χ1) is 11.4. The Kier molecular flexibility index (Phi) is 4.41. The van der Waals surface area contributed by atoms with Crippen LogP contribution < -0.4 is 10.2 Å². The summed E-state index contributed by atoms with van der Waals surface area (Å²) in [5, 5.41) is 2.95. The van der Waals surface area contributed by atoms with Crippen LogP contribution in [0.3, 0.4) is 0 Å². The molecule has 0 saturated heterocycles. The van der Waals surface area contributed by atoms with Gasteiger partial charge in [0.15, 0.2) is 0 Å². The van der Waals surface area contributed by atoms with Crippen molar-refractivity contribution in [2.24, 2.45) is 0 Å². The van der Waals surface area contributed by atoms with Gasteiger partial charge in [0.05, 0.1) is 16.3 Å². The molecule has 0 atom stereocenters. The Balaban J connectivity index is 1.92. The monoisotopic (exact) mass is 354 g/mol. The average molecular weight is 355 g/mol. The largest absolute Gasteiger partial charge is 0.416 e. The second-order valence-electron chi connectivity index (χ2n) is 5.55. The fourth-order valence-electron chi connectivity index (χ4n) is 3.02. The van der Waals surface area contributed by atoms with Gasteiger partial charge in [-0.15, -0.1) is 0 Å². The molecule has 1 heterocycles. The van der Waals surface area contributed by atoms with E-state index in [9.17, 15) is 18.0 Å². The van der Waals surface area contributed by atoms with Gasteiger partial charge in [-0.1, -0.05) is 29.8 Å². The van der Waals surface area contributed by atoms with E-state index in [1.54, 1.807) is 18.2 Å². The highest BCUT2D eigenvalue weighted by molar-refractivity contribution is 6.34. The highest BCUT2D eigenvalue weighted by atomic mass is 35.5. The van der Waals surface area contributed by atoms with Gasteiger partial charge in [0.25, 0.3) is 0 Å². The average Bonchev–Trinajstić information content (AvgIpc) is 2.90. The molecule has 24 heavy (non-hydrogen) atoms. The van der Waals surface area contributed by atoms with Crippen LogP contribution in [0.15, 0.2) is 36.4 Å². The molecular formula is C17H14ClF3N2O. The van der Waals surface area contributed by atoms with Crippen molar-refractivity contribution in [2.45, 2.75) is 19.1 Å². The molecular weight excluding hydrogens is 341 g/mol. The van der Waals surface area contributed by atoms with Crippen molar-refractivity contribution in [2.75, 3.05) is 16.8 Å². The van der Waals surface area contributed by atoms with Crippen molar-refractivity contribution in [3.05, 3.63) is 58.1 Å². The van der Waals surface area contributed by atoms with Gasteiger partial charge in [-0.25, -0.2) is 0 Å². The molecule has 1 aliphatic heterocycles. The van der Waals surface area contributed by atoms with Crippen molar-refractivity contribution in [1.29, 1.82) is 0 Å². The van der Waals surface area contributed by atoms with E-state index >= 15 is 0 Å². The standard InChI is InChI=1S/C17H14ClF3N2O/c18-15-8-13(22-10-24)7-11-5-6-23(16(11)15)9-12-3-1-2-4-14(12)17(19,20)21/h1-4,7-8,10H,5-6,9H2,(H,22,24). The fraction of sp³-hybridized carbons (Fsp3) is 0.235. The summed E-state index contributed by atoms with van der Waals surface area (Å²) in [7, 11) is 0. The predicted molar refractivity (Wildman–Crippen MR) is 87.3 cm³/mol. The third-order valence-electron chi connectivity index (χ3n) is 4.02. The Morgan fingerprint density at radius 1 is 1.25 bits per heavy atom. The minimum Gasteiger partial charge on any atom is -0.365 e. The molecule has 2 aromatic rings. The molecule has 0 saturated carbocycles. The van der Waals surface area contributed by atoms with E-state index < -0.39 is 11.7 Å². The van der Waals surface area contributed by atoms with Crippen molar-refractivity contribution in [3.8, 4) is 0 Å². The second kappa shape index (κ2) is 6.36. The number of fused-ring (bicyclic) bond motifs is 1. The number of nitrogens with zero attached hydrogens (tertiary/aromatic N) is 1. The number of nitrogens with one attached hydrogen (secondary N) is 1. The van der Waals surface area contributed by atoms with E-state index in [0.29, 0.717) is 30.1 Å². The summed E-state index contributed by atoms with van der Waals surface area (Å²) >= 11 is 6.28. The summed E-state index contributed by atoms with van der Waals surface area (Å²) in [4.78, 5) is 12.4. The molecule has 126 valence electrons. The minimum atomic E-state index is -4.39. The van der Waals surface area contributed by atoms with Crippen LogP contribution in [0.1, 0.15) is 16.7 Å². The van der Waals surface area contributed by atoms with Gasteiger partial charge < -0.3 is 10.2 Å². The highest BCUT2D eigenvalue weighted by Gasteiger charge is 2.34. The van der Waals surface area contributed by atoms with Crippen LogP contribution in [0.25, 0.3) is 0 Å². The number of rotatable bonds is 4. The number of carbonyl (C=O) groups excluding carboxylic acids is 1. The SMILES string of the molecule is O=CNc1cc(Cl)c2c(c1)CCN2Cc1ccccc1C(F)(F)F. The zero-order valence-corrected chi connectivity index (χ0v) is 13.3. The Morgan fingerprint density at radius 3 is 2.71 bits per heavy atom. The molecule has 0 fully saturated rings. The van der Waals surface area contributed by atoms with Gasteiger partial charge in [0.1, 0.15) is 0 Å². The van der Waals surface area contributed by atoms with Crippen molar-refractivity contribution >= 4 is 29.4 Å². The number of hydrogen-bond acceptors (Lipinski definition) is 2. The zero-order chi connectivity index (χ0) is 17.3. The molecule has 1 aliphatic rings. The lowest BCUT2D eigenvalue weighted by atomic mass is 10.1. The smallest absolute Gasteiger partial charge is 0.365 e. The van der Waals surface area contributed by atoms with Gasteiger partial charge >= 0.3 is 6.18 Å². The van der Waals surface area contributed by atoms with E-state index in [1.165, 1.54) is 12.1 Å². The molecule has 0 aliphatic carbocycles. The number of amides is 1. The second-order valence-corrected chi connectivity index (χ2v) is 5.96. The number of anilines is 2. The third-order valence-corrected chi connectivity index (χ3v) is 4.31. The van der Waals surface area contributed by atoms with Crippen LogP contribution in [0, 0.1) is 0 Å². The lowest BCUT2D eigenvalue weighted by molar-refractivity contribution is -0.138. The number of hydrogen-bond donors (Lipinski definition) is 1. The number of halogens is 4. The molecule has 0 unspecified atom stereocenters. The summed E-state index contributed by atoms with van der Waals surface area (Å²) in [6.45, 7) is 0.703. The van der Waals surface area contributed by atoms with Gasteiger partial charge in [0, 0.05) is 18.8 Å². The number of alkyl halides is 3. The van der Waals surface area contributed by atoms with Crippen molar-refractivity contribution < 1.29 is 18.0 Å². The molecule has 3 nitrogen and oxygen atoms in total. The maximum absolute atomic E-state index is 13.1. The van der Waals surface area contributed by atoms with Crippen LogP contribution in [-0.4, -0.2) is 13.0 Å². The summed E-state index contributed by atoms with van der Waals surface area (Å²) in [5.41, 5.74) is 1.80. The third kappa shape index (κ3) is 3.19. The quantitative estimate of drug-likeness (QED) is 0.820. The van der Waals surface area contributed by atoms with Gasteiger partial charge in [-0.3, -0.25) is 4.79 Å². The number of carbonyl (C=O) groups is 1. The maximum atomic E-state index is 13.1. The molecule has 0 aromatic heterocycles. The minimum absolute atomic E-state index is 0.128. The lowest BCUT2D eigenvalue weighted by Crippen LogP contribution is -2.22. The Bertz CT molecular complexity index is 777. The molecule has 0 spiro atoms. The Morgan fingerprint density at radius 2 is 2.00 bits per heavy atom. The Hall–Kier alpha value is -2.21. The lowest BCUT2D eigenvalue weighted by Gasteiger charge is -2.23. The van der Waals surface area contributed by atoms with Gasteiger partial charge in [-0.2, -0.15) is 13.2 Å². The van der Waals surface area contributed by atoms with Crippen LogP contribution in [-0.2, 0) is 23.9 Å². The van der Waals surface area contributed by atoms with E-state index in [2.05, 4.69) is 5.32 Å². The molecule has 1 N–H and O–H groups in total. The highest BCUT2D eigenvalue weighted by Crippen LogP contribution is 2.40. The zero-order valence-electron chi connectivity index (χ0n) is 12.5. The number of benzene rings is 2. The molecule has 1 amide bonds. The normalized spacial score (nSPS) is 13.8. The van der Waals surface area contributed by atoms with E-state index in [4.69, 9.17) is 11.6 Å². The topological polar surface area (TPSA) is 32.3 Å². The molecule has 2 aromatic carbocycles. The van der Waals surface area contributed by atoms with Crippen LogP contribution in [0.2, 0.25) is 5.02 Å². The molecule has 0 bridgehead atoms. The molecule has 3 rings (SSSR count). The van der Waals surface area contributed by atoms with Crippen molar-refractivity contribution in [3.63, 3.8) is 0 Å². The summed E-state index contributed by atoms with van der Waals surface area (Å²) in [6, 6.07) is 8.95. The van der Waals surface area contributed by atoms with Crippen LogP contribution in [0.4, 0.5) is 24.5 Å². The Labute approximate surface area is 142 Å². The van der Waals surface area contributed by atoms with Crippen molar-refractivity contribution in [1.82, 2.24) is 0 Å². The van der Waals surface area contributed by atoms with E-state index in [0.717, 1.165) is 17.3 Å². The summed E-state index contributed by atoms with van der Waals surface area (Å²) in [5.74, 6) is 0. The maximum Gasteiger partial charge on any atom is 0.416 e. The summed E-state index contributed by atoms with van der Waals surface area (Å²) in [6.07, 6.45) is -3.16. The van der Waals surface area contributed by atoms with Gasteiger partial charge in [-0.05, 0) is 35.7 Å². The van der Waals surface area contributed by atoms with Gasteiger partial charge in [0.2, 0.25) is 6.41 Å².